The number of fused-ring (bicyclic) bond motifs is 2. The van der Waals surface area contributed by atoms with E-state index >= 15 is 0 Å². The maximum atomic E-state index is 13.9. The molecule has 0 saturated carbocycles. The molecule has 4 heterocycles. The van der Waals surface area contributed by atoms with Crippen molar-refractivity contribution in [2.24, 2.45) is 0 Å². The third kappa shape index (κ3) is 6.07. The molecule has 2 aromatic carbocycles. The van der Waals surface area contributed by atoms with E-state index in [0.29, 0.717) is 18.7 Å². The summed E-state index contributed by atoms with van der Waals surface area (Å²) in [5.41, 5.74) is 6.72. The number of amides is 1. The van der Waals surface area contributed by atoms with Crippen molar-refractivity contribution in [2.75, 3.05) is 11.9 Å². The van der Waals surface area contributed by atoms with E-state index in [-0.39, 0.29) is 48.2 Å². The van der Waals surface area contributed by atoms with E-state index in [1.165, 1.54) is 22.9 Å². The zero-order chi connectivity index (χ0) is 32.4. The lowest BCUT2D eigenvalue weighted by molar-refractivity contribution is -0.116. The number of pyridine rings is 1. The highest BCUT2D eigenvalue weighted by molar-refractivity contribution is 7.89. The molecule has 0 aliphatic carbocycles. The second-order valence-corrected chi connectivity index (χ2v) is 13.3. The van der Waals surface area contributed by atoms with Crippen LogP contribution < -0.4 is 10.1 Å². The van der Waals surface area contributed by atoms with Gasteiger partial charge in [0.1, 0.15) is 22.8 Å². The Morgan fingerprint density at radius 3 is 2.67 bits per heavy atom. The fourth-order valence-corrected chi connectivity index (χ4v) is 7.43. The second kappa shape index (κ2) is 12.9. The lowest BCUT2D eigenvalue weighted by Gasteiger charge is -2.25. The molecule has 0 unspecified atom stereocenters. The number of carbonyl (C=O) groups excluding carboxylic acids is 1. The van der Waals surface area contributed by atoms with Crippen LogP contribution in [0.4, 0.5) is 5.69 Å². The standard InChI is InChI=1S/C33H36N8O4S/c1-5-26-19-40(46(43,44)30-8-7-13-36-33(30)45-26)18-24-14-23(10-9-21(24)3)28(15-31(42)37-25-16-34-20-35-17-25)27-11-12-29-32(22(27)4)38-39-41(29)6-2/h7-14,16-17,20,26,28H,5-6,15,18-19H2,1-4H3,(H,37,42)/t26-,28+/m1/s1. The smallest absolute Gasteiger partial charge is 0.248 e. The number of anilines is 1. The lowest BCUT2D eigenvalue weighted by atomic mass is 9.84. The largest absolute Gasteiger partial charge is 0.472 e. The molecular formula is C33H36N8O4S. The zero-order valence-electron chi connectivity index (χ0n) is 26.2. The number of nitrogens with zero attached hydrogens (tertiary/aromatic N) is 7. The summed E-state index contributed by atoms with van der Waals surface area (Å²) in [6.07, 6.45) is 6.43. The van der Waals surface area contributed by atoms with Crippen molar-refractivity contribution in [3.8, 4) is 5.88 Å². The molecule has 2 atom stereocenters. The fraction of sp³-hybridized carbons (Fsp3) is 0.333. The van der Waals surface area contributed by atoms with Gasteiger partial charge >= 0.3 is 0 Å². The first kappa shape index (κ1) is 31.2. The molecule has 3 aromatic heterocycles. The first-order valence-electron chi connectivity index (χ1n) is 15.3. The predicted molar refractivity (Wildman–Crippen MR) is 173 cm³/mol. The minimum Gasteiger partial charge on any atom is -0.472 e. The van der Waals surface area contributed by atoms with Gasteiger partial charge in [-0.05, 0) is 73.2 Å². The molecule has 1 aliphatic rings. The molecule has 0 fully saturated rings. The highest BCUT2D eigenvalue weighted by Crippen LogP contribution is 2.36. The molecule has 0 bridgehead atoms. The van der Waals surface area contributed by atoms with Crippen molar-refractivity contribution in [2.45, 2.75) is 70.5 Å². The van der Waals surface area contributed by atoms with Crippen LogP contribution >= 0.6 is 0 Å². The van der Waals surface area contributed by atoms with E-state index in [1.807, 2.05) is 62.7 Å². The average Bonchev–Trinajstić information content (AvgIpc) is 3.45. The summed E-state index contributed by atoms with van der Waals surface area (Å²) in [6.45, 7) is 8.95. The van der Waals surface area contributed by atoms with Gasteiger partial charge in [-0.3, -0.25) is 4.79 Å². The molecule has 1 N–H and O–H groups in total. The monoisotopic (exact) mass is 640 g/mol. The molecule has 46 heavy (non-hydrogen) atoms. The van der Waals surface area contributed by atoms with Crippen LogP contribution in [0.3, 0.4) is 0 Å². The molecular weight excluding hydrogens is 604 g/mol. The number of rotatable bonds is 9. The normalized spacial score (nSPS) is 16.7. The van der Waals surface area contributed by atoms with Gasteiger partial charge < -0.3 is 10.1 Å². The van der Waals surface area contributed by atoms with Gasteiger partial charge in [-0.25, -0.2) is 28.1 Å². The Bertz CT molecular complexity index is 2000. The van der Waals surface area contributed by atoms with Gasteiger partial charge in [-0.15, -0.1) is 5.10 Å². The summed E-state index contributed by atoms with van der Waals surface area (Å²) in [5, 5.41) is 11.7. The summed E-state index contributed by atoms with van der Waals surface area (Å²) in [6, 6.07) is 13.2. The number of nitrogens with one attached hydrogen (secondary N) is 1. The van der Waals surface area contributed by atoms with Crippen molar-refractivity contribution >= 4 is 32.7 Å². The number of hydrogen-bond donors (Lipinski definition) is 1. The number of benzene rings is 2. The maximum Gasteiger partial charge on any atom is 0.248 e. The highest BCUT2D eigenvalue weighted by atomic mass is 32.2. The highest BCUT2D eigenvalue weighted by Gasteiger charge is 2.35. The Kier molecular flexibility index (Phi) is 8.78. The van der Waals surface area contributed by atoms with E-state index in [9.17, 15) is 13.2 Å². The molecule has 5 aromatic rings. The first-order chi connectivity index (χ1) is 22.2. The van der Waals surface area contributed by atoms with Gasteiger partial charge in [0, 0.05) is 31.6 Å². The predicted octanol–water partition coefficient (Wildman–Crippen LogP) is 4.78. The Morgan fingerprint density at radius 2 is 1.91 bits per heavy atom. The molecule has 0 saturated heterocycles. The quantitative estimate of drug-likeness (QED) is 0.241. The van der Waals surface area contributed by atoms with Crippen LogP contribution in [0.2, 0.25) is 0 Å². The second-order valence-electron chi connectivity index (χ2n) is 11.4. The van der Waals surface area contributed by atoms with E-state index in [0.717, 1.165) is 38.9 Å². The summed E-state index contributed by atoms with van der Waals surface area (Å²) in [5.74, 6) is -0.443. The molecule has 1 amide bonds. The van der Waals surface area contributed by atoms with E-state index in [2.05, 4.69) is 30.6 Å². The van der Waals surface area contributed by atoms with Crippen LogP contribution in [0.15, 0.2) is 72.3 Å². The summed E-state index contributed by atoms with van der Waals surface area (Å²) in [4.78, 5) is 25.7. The Balaban J connectivity index is 1.40. The van der Waals surface area contributed by atoms with Crippen LogP contribution in [-0.4, -0.2) is 61.2 Å². The molecule has 238 valence electrons. The minimum atomic E-state index is -3.90. The van der Waals surface area contributed by atoms with Gasteiger partial charge in [0.05, 0.1) is 30.1 Å². The summed E-state index contributed by atoms with van der Waals surface area (Å²) >= 11 is 0. The van der Waals surface area contributed by atoms with Crippen molar-refractivity contribution in [3.63, 3.8) is 0 Å². The molecule has 1 aliphatic heterocycles. The number of ether oxygens (including phenoxy) is 1. The van der Waals surface area contributed by atoms with E-state index < -0.39 is 10.0 Å². The molecule has 12 nitrogen and oxygen atoms in total. The third-order valence-electron chi connectivity index (χ3n) is 8.51. The number of aryl methyl sites for hydroxylation is 3. The van der Waals surface area contributed by atoms with E-state index in [4.69, 9.17) is 4.74 Å². The van der Waals surface area contributed by atoms with Crippen molar-refractivity contribution in [3.05, 3.63) is 95.2 Å². The SMILES string of the molecule is CC[C@@H]1CN(Cc2cc([C@H](CC(=O)Nc3cncnc3)c3ccc4c(nnn4CC)c3C)ccc2C)S(=O)(=O)c2cccnc2O1. The molecule has 6 rings (SSSR count). The van der Waals surface area contributed by atoms with Crippen molar-refractivity contribution < 1.29 is 17.9 Å². The molecule has 0 spiro atoms. The Labute approximate surface area is 267 Å². The van der Waals surface area contributed by atoms with Crippen molar-refractivity contribution in [1.82, 2.24) is 34.3 Å². The number of carbonyl (C=O) groups is 1. The summed E-state index contributed by atoms with van der Waals surface area (Å²) < 4.78 is 37.1. The average molecular weight is 641 g/mol. The van der Waals surface area contributed by atoms with Gasteiger partial charge in [-0.1, -0.05) is 36.4 Å². The van der Waals surface area contributed by atoms with Crippen LogP contribution in [-0.2, 0) is 27.9 Å². The number of aromatic nitrogens is 6. The Morgan fingerprint density at radius 1 is 1.11 bits per heavy atom. The fourth-order valence-electron chi connectivity index (χ4n) is 5.91. The number of hydrogen-bond acceptors (Lipinski definition) is 9. The topological polar surface area (TPSA) is 145 Å². The third-order valence-corrected chi connectivity index (χ3v) is 10.3. The lowest BCUT2D eigenvalue weighted by Crippen LogP contribution is -2.36. The summed E-state index contributed by atoms with van der Waals surface area (Å²) in [7, 11) is -3.90. The number of sulfonamides is 1. The maximum absolute atomic E-state index is 13.9. The minimum absolute atomic E-state index is 0.0586. The van der Waals surface area contributed by atoms with Gasteiger partial charge in [-0.2, -0.15) is 4.31 Å². The molecule has 0 radical (unpaired) electrons. The zero-order valence-corrected chi connectivity index (χ0v) is 27.0. The van der Waals surface area contributed by atoms with Crippen LogP contribution in [0, 0.1) is 13.8 Å². The van der Waals surface area contributed by atoms with E-state index in [1.54, 1.807) is 18.5 Å². The van der Waals surface area contributed by atoms with Gasteiger partial charge in [0.15, 0.2) is 0 Å². The van der Waals surface area contributed by atoms with Crippen LogP contribution in [0.5, 0.6) is 5.88 Å². The Hall–Kier alpha value is -4.75. The van der Waals surface area contributed by atoms with Crippen LogP contribution in [0.25, 0.3) is 11.0 Å². The van der Waals surface area contributed by atoms with Crippen LogP contribution in [0.1, 0.15) is 60.4 Å². The van der Waals surface area contributed by atoms with Crippen molar-refractivity contribution in [1.29, 1.82) is 0 Å². The molecule has 13 heteroatoms. The first-order valence-corrected chi connectivity index (χ1v) is 16.7. The van der Waals surface area contributed by atoms with Gasteiger partial charge in [0.25, 0.3) is 0 Å². The van der Waals surface area contributed by atoms with Gasteiger partial charge in [0.2, 0.25) is 21.8 Å².